The minimum atomic E-state index is -1.12. The number of nitrogens with two attached hydrogens (primary N) is 2. The van der Waals surface area contributed by atoms with Crippen LogP contribution in [0, 0.1) is 0 Å². The van der Waals surface area contributed by atoms with Crippen LogP contribution in [-0.2, 0) is 19.1 Å². The molecule has 12 N–H and O–H groups in total. The van der Waals surface area contributed by atoms with Gasteiger partial charge in [0.05, 0.1) is 26.4 Å². The van der Waals surface area contributed by atoms with Crippen LogP contribution in [0.5, 0.6) is 0 Å². The fourth-order valence-electron chi connectivity index (χ4n) is 2.38. The zero-order chi connectivity index (χ0) is 23.4. The van der Waals surface area contributed by atoms with Crippen LogP contribution >= 0.6 is 0 Å². The van der Waals surface area contributed by atoms with Crippen LogP contribution in [0.4, 0.5) is 0 Å². The normalized spacial score (nSPS) is 32.3. The quantitative estimate of drug-likeness (QED) is 0.176. The first-order valence-electron chi connectivity index (χ1n) is 9.06. The van der Waals surface area contributed by atoms with Crippen molar-refractivity contribution in [2.45, 2.75) is 61.7 Å². The van der Waals surface area contributed by atoms with Crippen LogP contribution < -0.4 is 11.5 Å². The van der Waals surface area contributed by atoms with Crippen molar-refractivity contribution in [2.75, 3.05) is 26.4 Å². The summed E-state index contributed by atoms with van der Waals surface area (Å²) in [6.07, 6.45) is -7.99. The van der Waals surface area contributed by atoms with Crippen molar-refractivity contribution < 1.29 is 59.9 Å². The number of hydrogen-bond donors (Lipinski definition) is 10. The van der Waals surface area contributed by atoms with Gasteiger partial charge in [-0.2, -0.15) is 0 Å². The third-order valence-corrected chi connectivity index (χ3v) is 4.13. The predicted molar refractivity (Wildman–Crippen MR) is 97.3 cm³/mol. The van der Waals surface area contributed by atoms with Crippen LogP contribution in [0.1, 0.15) is 12.8 Å². The van der Waals surface area contributed by atoms with E-state index < -0.39 is 73.9 Å². The molecule has 0 aromatic heterocycles. The van der Waals surface area contributed by atoms with Gasteiger partial charge in [-0.25, -0.2) is 0 Å². The summed E-state index contributed by atoms with van der Waals surface area (Å²) in [5, 5.41) is 71.1. The van der Waals surface area contributed by atoms with Gasteiger partial charge >= 0.3 is 0 Å². The van der Waals surface area contributed by atoms with E-state index in [4.69, 9.17) is 61.8 Å². The third kappa shape index (κ3) is 10.0. The van der Waals surface area contributed by atoms with Crippen LogP contribution in [0.15, 0.2) is 0 Å². The Morgan fingerprint density at radius 3 is 1.23 bits per heavy atom. The molecule has 2 amide bonds. The molecule has 0 saturated carbocycles. The highest BCUT2D eigenvalue weighted by Crippen LogP contribution is 2.17. The lowest BCUT2D eigenvalue weighted by Gasteiger charge is -2.18. The fourth-order valence-corrected chi connectivity index (χ4v) is 2.38. The summed E-state index contributed by atoms with van der Waals surface area (Å²) in [5.74, 6) is -0.993. The van der Waals surface area contributed by atoms with E-state index >= 15 is 0 Å². The molecule has 8 atom stereocenters. The molecule has 2 heterocycles. The van der Waals surface area contributed by atoms with E-state index in [0.29, 0.717) is 0 Å². The lowest BCUT2D eigenvalue weighted by atomic mass is 10.1. The molecule has 2 aliphatic heterocycles. The second-order valence-corrected chi connectivity index (χ2v) is 6.64. The number of aliphatic hydroxyl groups excluding tert-OH is 8. The summed E-state index contributed by atoms with van der Waals surface area (Å²) < 4.78 is 9.64. The maximum absolute atomic E-state index is 9.92. The summed E-state index contributed by atoms with van der Waals surface area (Å²) in [6, 6.07) is 0. The molecule has 0 bridgehead atoms. The molecule has 14 nitrogen and oxygen atoms in total. The van der Waals surface area contributed by atoms with Gasteiger partial charge in [0.25, 0.3) is 0 Å². The summed E-state index contributed by atoms with van der Waals surface area (Å²) in [7, 11) is 0. The van der Waals surface area contributed by atoms with Crippen LogP contribution in [0.3, 0.4) is 0 Å². The fraction of sp³-hybridized carbons (Fsp3) is 0.875. The number of rotatable bonds is 7. The van der Waals surface area contributed by atoms with Crippen LogP contribution in [0.2, 0.25) is 0 Å². The molecular formula is C16H32N2O12. The molecule has 0 spiro atoms. The second-order valence-electron chi connectivity index (χ2n) is 6.64. The summed E-state index contributed by atoms with van der Waals surface area (Å²) in [5.41, 5.74) is 9.39. The van der Waals surface area contributed by atoms with Crippen LogP contribution in [0.25, 0.3) is 0 Å². The third-order valence-electron chi connectivity index (χ3n) is 4.13. The van der Waals surface area contributed by atoms with Crippen LogP contribution in [-0.4, -0.2) is 128 Å². The zero-order valence-electron chi connectivity index (χ0n) is 16.2. The first-order chi connectivity index (χ1) is 14.0. The predicted octanol–water partition coefficient (Wildman–Crippen LogP) is -6.34. The summed E-state index contributed by atoms with van der Waals surface area (Å²) in [6.45, 7) is -0.950. The van der Waals surface area contributed by atoms with E-state index in [1.807, 2.05) is 0 Å². The van der Waals surface area contributed by atoms with E-state index in [1.54, 1.807) is 0 Å². The molecule has 0 unspecified atom stereocenters. The Balaban J connectivity index is 0.000000428. The Kier molecular flexibility index (Phi) is 13.8. The maximum Gasteiger partial charge on any atom is 0.217 e. The number of carbonyl (C=O) groups excluding carboxylic acids is 2. The molecule has 14 heteroatoms. The van der Waals surface area contributed by atoms with Gasteiger partial charge in [-0.05, 0) is 0 Å². The number of hydrogen-bond acceptors (Lipinski definition) is 12. The van der Waals surface area contributed by atoms with Gasteiger partial charge in [0, 0.05) is 12.8 Å². The average molecular weight is 444 g/mol. The van der Waals surface area contributed by atoms with E-state index in [-0.39, 0.29) is 26.1 Å². The molecule has 2 aliphatic rings. The minimum Gasteiger partial charge on any atom is -0.394 e. The topological polar surface area (TPSA) is 266 Å². The number of primary amides is 2. The van der Waals surface area contributed by atoms with Gasteiger partial charge in [0.1, 0.15) is 48.8 Å². The van der Waals surface area contributed by atoms with Crippen molar-refractivity contribution >= 4 is 11.8 Å². The van der Waals surface area contributed by atoms with Crippen molar-refractivity contribution in [3.8, 4) is 0 Å². The van der Waals surface area contributed by atoms with Gasteiger partial charge in [-0.3, -0.25) is 9.59 Å². The average Bonchev–Trinajstić information content (AvgIpc) is 3.22. The number of ether oxygens (including phenoxy) is 2. The number of aliphatic hydroxyl groups is 8. The molecule has 0 radical (unpaired) electrons. The van der Waals surface area contributed by atoms with Gasteiger partial charge in [0.2, 0.25) is 11.8 Å². The van der Waals surface area contributed by atoms with Gasteiger partial charge in [0.15, 0.2) is 0 Å². The second kappa shape index (κ2) is 14.5. The lowest BCUT2D eigenvalue weighted by molar-refractivity contribution is -0.123. The Morgan fingerprint density at radius 1 is 0.767 bits per heavy atom. The van der Waals surface area contributed by atoms with Gasteiger partial charge < -0.3 is 61.8 Å². The monoisotopic (exact) mass is 444 g/mol. The number of carbonyl (C=O) groups is 2. The van der Waals surface area contributed by atoms with Gasteiger partial charge in [-0.15, -0.1) is 0 Å². The standard InChI is InChI=1S/2C6H12O5.C4H8N2O2/c2*7-1-3(8)6-5(10)4(9)2-11-6;5-3(7)1-2-4(6)8/h2*3-10H,1-2H2;1-2H2,(H2,5,7)(H2,6,8)/t2*3-,4+,5-,6-;/m11./s1. The first kappa shape index (κ1) is 28.5. The largest absolute Gasteiger partial charge is 0.394 e. The van der Waals surface area contributed by atoms with Crippen molar-refractivity contribution in [1.82, 2.24) is 0 Å². The first-order valence-corrected chi connectivity index (χ1v) is 9.06. The Labute approximate surface area is 172 Å². The molecule has 2 rings (SSSR count). The number of amides is 2. The highest BCUT2D eigenvalue weighted by atomic mass is 16.5. The molecule has 30 heavy (non-hydrogen) atoms. The Hall–Kier alpha value is -1.46. The molecule has 0 aromatic carbocycles. The zero-order valence-corrected chi connectivity index (χ0v) is 16.2. The van der Waals surface area contributed by atoms with E-state index in [0.717, 1.165) is 0 Å². The molecule has 2 fully saturated rings. The SMILES string of the molecule is NC(=O)CCC(N)=O.OC[C@@H](O)[C@H]1OC[C@H](O)[C@H]1O.OC[C@@H](O)[C@H]1OC[C@H](O)[C@H]1O. The highest BCUT2D eigenvalue weighted by molar-refractivity contribution is 5.81. The summed E-state index contributed by atoms with van der Waals surface area (Å²) >= 11 is 0. The summed E-state index contributed by atoms with van der Waals surface area (Å²) in [4.78, 5) is 19.8. The van der Waals surface area contributed by atoms with Crippen molar-refractivity contribution in [1.29, 1.82) is 0 Å². The smallest absolute Gasteiger partial charge is 0.217 e. The van der Waals surface area contributed by atoms with Crippen molar-refractivity contribution in [3.05, 3.63) is 0 Å². The maximum atomic E-state index is 9.92. The van der Waals surface area contributed by atoms with E-state index in [9.17, 15) is 9.59 Å². The highest BCUT2D eigenvalue weighted by Gasteiger charge is 2.39. The van der Waals surface area contributed by atoms with Gasteiger partial charge in [-0.1, -0.05) is 0 Å². The van der Waals surface area contributed by atoms with E-state index in [1.165, 1.54) is 0 Å². The van der Waals surface area contributed by atoms with Crippen molar-refractivity contribution in [3.63, 3.8) is 0 Å². The lowest BCUT2D eigenvalue weighted by Crippen LogP contribution is -2.40. The molecular weight excluding hydrogens is 412 g/mol. The minimum absolute atomic E-state index is 0.00287. The van der Waals surface area contributed by atoms with E-state index in [2.05, 4.69) is 0 Å². The Morgan fingerprint density at radius 2 is 1.07 bits per heavy atom. The van der Waals surface area contributed by atoms with Crippen molar-refractivity contribution in [2.24, 2.45) is 11.5 Å². The molecule has 0 aliphatic carbocycles. The molecule has 0 aromatic rings. The molecule has 178 valence electrons. The Bertz CT molecular complexity index is 467. The molecule has 2 saturated heterocycles.